The molecular formula is C14H17FO2. The average molecular weight is 236 g/mol. The van der Waals surface area contributed by atoms with E-state index in [4.69, 9.17) is 4.74 Å². The van der Waals surface area contributed by atoms with E-state index in [2.05, 4.69) is 0 Å². The van der Waals surface area contributed by atoms with Gasteiger partial charge in [0.15, 0.2) is 5.78 Å². The highest BCUT2D eigenvalue weighted by Crippen LogP contribution is 2.47. The summed E-state index contributed by atoms with van der Waals surface area (Å²) in [6, 6.07) is 3.06. The van der Waals surface area contributed by atoms with Gasteiger partial charge >= 0.3 is 0 Å². The van der Waals surface area contributed by atoms with E-state index in [9.17, 15) is 9.18 Å². The van der Waals surface area contributed by atoms with Crippen LogP contribution in [0, 0.1) is 5.82 Å². The lowest BCUT2D eigenvalue weighted by atomic mass is 9.88. The SMILES string of the molecule is CC(=O)c1cc2c(cc1F)C(C)(C)OC2(C)C. The highest BCUT2D eigenvalue weighted by molar-refractivity contribution is 5.94. The number of halogens is 1. The molecule has 1 heterocycles. The molecule has 3 heteroatoms. The minimum absolute atomic E-state index is 0.137. The monoisotopic (exact) mass is 236 g/mol. The predicted molar refractivity (Wildman–Crippen MR) is 63.5 cm³/mol. The molecule has 0 aromatic heterocycles. The number of rotatable bonds is 1. The Morgan fingerprint density at radius 2 is 1.59 bits per heavy atom. The summed E-state index contributed by atoms with van der Waals surface area (Å²) in [5.41, 5.74) is 0.850. The smallest absolute Gasteiger partial charge is 0.162 e. The molecule has 92 valence electrons. The molecule has 1 aromatic carbocycles. The molecule has 0 atom stereocenters. The molecule has 0 saturated heterocycles. The molecule has 0 N–H and O–H groups in total. The molecule has 0 amide bonds. The van der Waals surface area contributed by atoms with Crippen LogP contribution < -0.4 is 0 Å². The standard InChI is InChI=1S/C14H17FO2/c1-8(16)9-6-10-11(7-12(9)15)14(4,5)17-13(10,2)3/h6-7H,1-5H3. The van der Waals surface area contributed by atoms with E-state index in [1.165, 1.54) is 13.0 Å². The lowest BCUT2D eigenvalue weighted by molar-refractivity contribution is -0.105. The van der Waals surface area contributed by atoms with Gasteiger partial charge in [-0.1, -0.05) is 0 Å². The van der Waals surface area contributed by atoms with Gasteiger partial charge in [-0.2, -0.15) is 0 Å². The Morgan fingerprint density at radius 1 is 1.12 bits per heavy atom. The fourth-order valence-electron chi connectivity index (χ4n) is 2.59. The molecular weight excluding hydrogens is 219 g/mol. The maximum atomic E-state index is 13.8. The largest absolute Gasteiger partial charge is 0.360 e. The normalized spacial score (nSPS) is 20.1. The van der Waals surface area contributed by atoms with Crippen LogP contribution >= 0.6 is 0 Å². The van der Waals surface area contributed by atoms with Crippen LogP contribution in [0.3, 0.4) is 0 Å². The van der Waals surface area contributed by atoms with Crippen molar-refractivity contribution < 1.29 is 13.9 Å². The number of benzene rings is 1. The number of ether oxygens (including phenoxy) is 1. The average Bonchev–Trinajstić information content (AvgIpc) is 2.30. The third kappa shape index (κ3) is 1.78. The van der Waals surface area contributed by atoms with Gasteiger partial charge in [-0.15, -0.1) is 0 Å². The number of carbonyl (C=O) groups is 1. The van der Waals surface area contributed by atoms with Gasteiger partial charge in [0, 0.05) is 0 Å². The van der Waals surface area contributed by atoms with Crippen molar-refractivity contribution in [3.63, 3.8) is 0 Å². The van der Waals surface area contributed by atoms with Gasteiger partial charge in [-0.25, -0.2) is 4.39 Å². The summed E-state index contributed by atoms with van der Waals surface area (Å²) >= 11 is 0. The quantitative estimate of drug-likeness (QED) is 0.697. The fourth-order valence-corrected chi connectivity index (χ4v) is 2.59. The Labute approximate surface area is 101 Å². The van der Waals surface area contributed by atoms with E-state index in [1.807, 2.05) is 27.7 Å². The summed E-state index contributed by atoms with van der Waals surface area (Å²) in [5.74, 6) is -0.726. The first-order valence-corrected chi connectivity index (χ1v) is 5.71. The molecule has 0 radical (unpaired) electrons. The van der Waals surface area contributed by atoms with Crippen LogP contribution in [0.2, 0.25) is 0 Å². The molecule has 17 heavy (non-hydrogen) atoms. The molecule has 2 nitrogen and oxygen atoms in total. The molecule has 1 aliphatic rings. The first-order chi connectivity index (χ1) is 7.65. The van der Waals surface area contributed by atoms with E-state index < -0.39 is 17.0 Å². The Kier molecular flexibility index (Phi) is 2.44. The summed E-state index contributed by atoms with van der Waals surface area (Å²) in [4.78, 5) is 11.4. The van der Waals surface area contributed by atoms with Crippen molar-refractivity contribution in [1.29, 1.82) is 0 Å². The van der Waals surface area contributed by atoms with E-state index in [0.717, 1.165) is 11.1 Å². The van der Waals surface area contributed by atoms with Gasteiger partial charge in [-0.05, 0) is 57.9 Å². The third-order valence-electron chi connectivity index (χ3n) is 3.29. The van der Waals surface area contributed by atoms with Crippen molar-refractivity contribution in [1.82, 2.24) is 0 Å². The predicted octanol–water partition coefficient (Wildman–Crippen LogP) is 3.53. The summed E-state index contributed by atoms with van der Waals surface area (Å²) < 4.78 is 19.7. The molecule has 0 spiro atoms. The molecule has 0 saturated carbocycles. The van der Waals surface area contributed by atoms with Crippen molar-refractivity contribution in [3.8, 4) is 0 Å². The topological polar surface area (TPSA) is 26.3 Å². The molecule has 0 bridgehead atoms. The summed E-state index contributed by atoms with van der Waals surface area (Å²) in [6.07, 6.45) is 0. The van der Waals surface area contributed by atoms with Gasteiger partial charge in [0.25, 0.3) is 0 Å². The van der Waals surface area contributed by atoms with Crippen LogP contribution in [0.15, 0.2) is 12.1 Å². The van der Waals surface area contributed by atoms with Crippen molar-refractivity contribution in [2.24, 2.45) is 0 Å². The lowest BCUT2D eigenvalue weighted by Crippen LogP contribution is -2.22. The van der Waals surface area contributed by atoms with Gasteiger partial charge in [0.05, 0.1) is 16.8 Å². The molecule has 0 unspecified atom stereocenters. The van der Waals surface area contributed by atoms with Crippen LogP contribution in [-0.2, 0) is 15.9 Å². The number of Topliss-reactive ketones (excluding diaryl/α,β-unsaturated/α-hetero) is 1. The summed E-state index contributed by atoms with van der Waals surface area (Å²) in [7, 11) is 0. The Balaban J connectivity index is 2.72. The van der Waals surface area contributed by atoms with E-state index in [-0.39, 0.29) is 11.3 Å². The number of hydrogen-bond donors (Lipinski definition) is 0. The second-order valence-electron chi connectivity index (χ2n) is 5.56. The molecule has 0 aliphatic carbocycles. The van der Waals surface area contributed by atoms with Crippen molar-refractivity contribution in [2.75, 3.05) is 0 Å². The highest BCUT2D eigenvalue weighted by Gasteiger charge is 2.43. The molecule has 1 aliphatic heterocycles. The van der Waals surface area contributed by atoms with E-state index >= 15 is 0 Å². The molecule has 1 aromatic rings. The first-order valence-electron chi connectivity index (χ1n) is 5.71. The fraction of sp³-hybridized carbons (Fsp3) is 0.500. The Morgan fingerprint density at radius 3 is 2.06 bits per heavy atom. The van der Waals surface area contributed by atoms with E-state index in [1.54, 1.807) is 6.07 Å². The number of ketones is 1. The summed E-state index contributed by atoms with van der Waals surface area (Å²) in [5, 5.41) is 0. The van der Waals surface area contributed by atoms with Gasteiger partial charge in [-0.3, -0.25) is 4.79 Å². The molecule has 0 fully saturated rings. The summed E-state index contributed by atoms with van der Waals surface area (Å²) in [6.45, 7) is 9.06. The van der Waals surface area contributed by atoms with Crippen LogP contribution in [0.4, 0.5) is 4.39 Å². The second kappa shape index (κ2) is 3.39. The van der Waals surface area contributed by atoms with Crippen LogP contribution in [0.25, 0.3) is 0 Å². The van der Waals surface area contributed by atoms with Gasteiger partial charge in [0.1, 0.15) is 5.82 Å². The van der Waals surface area contributed by atoms with Crippen molar-refractivity contribution in [3.05, 3.63) is 34.6 Å². The Hall–Kier alpha value is -1.22. The van der Waals surface area contributed by atoms with Crippen molar-refractivity contribution in [2.45, 2.75) is 45.8 Å². The van der Waals surface area contributed by atoms with Gasteiger partial charge < -0.3 is 4.74 Å². The third-order valence-corrected chi connectivity index (χ3v) is 3.29. The minimum Gasteiger partial charge on any atom is -0.360 e. The minimum atomic E-state index is -0.519. The maximum Gasteiger partial charge on any atom is 0.162 e. The molecule has 2 rings (SSSR count). The van der Waals surface area contributed by atoms with Crippen LogP contribution in [0.1, 0.15) is 56.1 Å². The van der Waals surface area contributed by atoms with Crippen molar-refractivity contribution >= 4 is 5.78 Å². The first kappa shape index (κ1) is 12.2. The zero-order chi connectivity index (χ0) is 13.0. The number of hydrogen-bond acceptors (Lipinski definition) is 2. The van der Waals surface area contributed by atoms with E-state index in [0.29, 0.717) is 0 Å². The Bertz CT molecular complexity index is 501. The second-order valence-corrected chi connectivity index (χ2v) is 5.56. The van der Waals surface area contributed by atoms with Crippen LogP contribution in [0.5, 0.6) is 0 Å². The number of carbonyl (C=O) groups excluding carboxylic acids is 1. The lowest BCUT2D eigenvalue weighted by Gasteiger charge is -2.24. The highest BCUT2D eigenvalue weighted by atomic mass is 19.1. The van der Waals surface area contributed by atoms with Crippen LogP contribution in [-0.4, -0.2) is 5.78 Å². The maximum absolute atomic E-state index is 13.8. The number of fused-ring (bicyclic) bond motifs is 1. The van der Waals surface area contributed by atoms with Gasteiger partial charge in [0.2, 0.25) is 0 Å². The zero-order valence-electron chi connectivity index (χ0n) is 10.8. The zero-order valence-corrected chi connectivity index (χ0v) is 10.8.